The third-order valence-corrected chi connectivity index (χ3v) is 3.95. The normalized spacial score (nSPS) is 11.3. The van der Waals surface area contributed by atoms with Crippen LogP contribution in [0.4, 0.5) is 0 Å². The second-order valence-electron chi connectivity index (χ2n) is 4.63. The summed E-state index contributed by atoms with van der Waals surface area (Å²) >= 11 is 1.57. The lowest BCUT2D eigenvalue weighted by Crippen LogP contribution is -2.46. The van der Waals surface area contributed by atoms with Gasteiger partial charge in [-0.2, -0.15) is 0 Å². The van der Waals surface area contributed by atoms with Crippen molar-refractivity contribution in [3.05, 3.63) is 35.2 Å². The monoisotopic (exact) mass is 283 g/mol. The van der Waals surface area contributed by atoms with Gasteiger partial charge in [-0.25, -0.2) is 0 Å². The molecule has 2 aromatic rings. The van der Waals surface area contributed by atoms with E-state index in [9.17, 15) is 4.79 Å². The summed E-state index contributed by atoms with van der Waals surface area (Å²) < 4.78 is 1.17. The minimum absolute atomic E-state index is 0. The molecule has 1 aromatic heterocycles. The van der Waals surface area contributed by atoms with Crippen LogP contribution in [0.25, 0.3) is 10.1 Å². The zero-order chi connectivity index (χ0) is 12.5. The summed E-state index contributed by atoms with van der Waals surface area (Å²) in [7, 11) is 0. The first-order valence-corrected chi connectivity index (χ1v) is 6.64. The molecule has 2 rings (SSSR count). The zero-order valence-electron chi connectivity index (χ0n) is 10.8. The first-order valence-electron chi connectivity index (χ1n) is 5.83. The zero-order valence-corrected chi connectivity index (χ0v) is 12.5. The van der Waals surface area contributed by atoms with Crippen molar-refractivity contribution >= 4 is 39.6 Å². The molecule has 98 valence electrons. The molecule has 0 aliphatic carbocycles. The first-order chi connectivity index (χ1) is 8.04. The maximum Gasteiger partial charge on any atom is 0.192 e. The van der Waals surface area contributed by atoms with Crippen LogP contribution in [0.5, 0.6) is 0 Å². The molecule has 0 atom stereocenters. The third kappa shape index (κ3) is 2.91. The molecule has 1 aromatic carbocycles. The third-order valence-electron chi connectivity index (χ3n) is 2.84. The van der Waals surface area contributed by atoms with Crippen molar-refractivity contribution < 1.29 is 4.79 Å². The Morgan fingerprint density at radius 2 is 2.00 bits per heavy atom. The van der Waals surface area contributed by atoms with Gasteiger partial charge >= 0.3 is 0 Å². The predicted octanol–water partition coefficient (Wildman–Crippen LogP) is 3.89. The van der Waals surface area contributed by atoms with Gasteiger partial charge in [-0.15, -0.1) is 23.7 Å². The average molecular weight is 284 g/mol. The van der Waals surface area contributed by atoms with Crippen LogP contribution in [0.15, 0.2) is 30.3 Å². The summed E-state index contributed by atoms with van der Waals surface area (Å²) in [6, 6.07) is 10.1. The number of likely N-dealkylation sites (N-methyl/N-ethyl adjacent to an activating group) is 1. The number of halogens is 1. The van der Waals surface area contributed by atoms with Gasteiger partial charge < -0.3 is 5.32 Å². The second-order valence-corrected chi connectivity index (χ2v) is 5.72. The molecule has 0 bridgehead atoms. The lowest BCUT2D eigenvalue weighted by molar-refractivity contribution is 0.0888. The topological polar surface area (TPSA) is 29.1 Å². The van der Waals surface area contributed by atoms with E-state index in [2.05, 4.69) is 11.4 Å². The fourth-order valence-electron chi connectivity index (χ4n) is 1.92. The number of ketones is 1. The standard InChI is InChI=1S/C14H17NOS.ClH/c1-4-15-14(2,3)13(16)12-9-10-7-5-6-8-11(10)17-12;/h5-9,15H,4H2,1-3H3;1H. The molecule has 0 aliphatic heterocycles. The molecule has 18 heavy (non-hydrogen) atoms. The maximum absolute atomic E-state index is 12.4. The number of nitrogens with one attached hydrogen (secondary N) is 1. The van der Waals surface area contributed by atoms with Gasteiger partial charge in [0.15, 0.2) is 5.78 Å². The summed E-state index contributed by atoms with van der Waals surface area (Å²) in [4.78, 5) is 13.2. The molecule has 0 unspecified atom stereocenters. The van der Waals surface area contributed by atoms with E-state index in [-0.39, 0.29) is 18.2 Å². The molecule has 0 aliphatic rings. The Morgan fingerprint density at radius 3 is 2.61 bits per heavy atom. The van der Waals surface area contributed by atoms with Crippen LogP contribution >= 0.6 is 23.7 Å². The average Bonchev–Trinajstić information content (AvgIpc) is 2.71. The SMILES string of the molecule is CCNC(C)(C)C(=O)c1cc2ccccc2s1.Cl. The summed E-state index contributed by atoms with van der Waals surface area (Å²) in [5.41, 5.74) is -0.490. The highest BCUT2D eigenvalue weighted by atomic mass is 35.5. The number of rotatable bonds is 4. The van der Waals surface area contributed by atoms with Gasteiger partial charge in [-0.3, -0.25) is 4.79 Å². The summed E-state index contributed by atoms with van der Waals surface area (Å²) in [6.45, 7) is 6.68. The lowest BCUT2D eigenvalue weighted by atomic mass is 9.97. The van der Waals surface area contributed by atoms with Gasteiger partial charge in [0.05, 0.1) is 10.4 Å². The van der Waals surface area contributed by atoms with E-state index >= 15 is 0 Å². The highest BCUT2D eigenvalue weighted by Crippen LogP contribution is 2.28. The summed E-state index contributed by atoms with van der Waals surface area (Å²) in [5.74, 6) is 0.167. The highest BCUT2D eigenvalue weighted by molar-refractivity contribution is 7.20. The van der Waals surface area contributed by atoms with Crippen molar-refractivity contribution in [1.29, 1.82) is 0 Å². The van der Waals surface area contributed by atoms with Crippen LogP contribution in [0.1, 0.15) is 30.4 Å². The fourth-order valence-corrected chi connectivity index (χ4v) is 3.09. The Bertz CT molecular complexity index is 514. The molecule has 0 saturated heterocycles. The number of hydrogen-bond acceptors (Lipinski definition) is 3. The fraction of sp³-hybridized carbons (Fsp3) is 0.357. The molecule has 0 saturated carbocycles. The first kappa shape index (κ1) is 15.2. The van der Waals surface area contributed by atoms with Crippen LogP contribution in [-0.4, -0.2) is 17.9 Å². The Morgan fingerprint density at radius 1 is 1.33 bits per heavy atom. The van der Waals surface area contributed by atoms with Crippen molar-refractivity contribution in [2.24, 2.45) is 0 Å². The van der Waals surface area contributed by atoms with Crippen molar-refractivity contribution in [3.8, 4) is 0 Å². The van der Waals surface area contributed by atoms with E-state index in [1.807, 2.05) is 45.0 Å². The van der Waals surface area contributed by atoms with Gasteiger partial charge in [-0.05, 0) is 37.9 Å². The highest BCUT2D eigenvalue weighted by Gasteiger charge is 2.28. The largest absolute Gasteiger partial charge is 0.305 e. The Balaban J connectivity index is 0.00000162. The van der Waals surface area contributed by atoms with Crippen LogP contribution in [0.2, 0.25) is 0 Å². The van der Waals surface area contributed by atoms with Gasteiger partial charge in [0.2, 0.25) is 0 Å². The summed E-state index contributed by atoms with van der Waals surface area (Å²) in [5, 5.41) is 4.37. The van der Waals surface area contributed by atoms with Gasteiger partial charge in [0.1, 0.15) is 0 Å². The van der Waals surface area contributed by atoms with Crippen LogP contribution in [0.3, 0.4) is 0 Å². The lowest BCUT2D eigenvalue weighted by Gasteiger charge is -2.23. The molecule has 1 N–H and O–H groups in total. The molecule has 1 heterocycles. The minimum Gasteiger partial charge on any atom is -0.305 e. The number of benzene rings is 1. The smallest absolute Gasteiger partial charge is 0.192 e. The van der Waals surface area contributed by atoms with E-state index < -0.39 is 5.54 Å². The van der Waals surface area contributed by atoms with E-state index in [0.717, 1.165) is 16.8 Å². The van der Waals surface area contributed by atoms with E-state index in [1.165, 1.54) is 4.70 Å². The van der Waals surface area contributed by atoms with Crippen molar-refractivity contribution in [2.45, 2.75) is 26.3 Å². The maximum atomic E-state index is 12.4. The Kier molecular flexibility index (Phi) is 4.91. The van der Waals surface area contributed by atoms with Crippen molar-refractivity contribution in [2.75, 3.05) is 6.54 Å². The van der Waals surface area contributed by atoms with Crippen molar-refractivity contribution in [1.82, 2.24) is 5.32 Å². The minimum atomic E-state index is -0.490. The predicted molar refractivity (Wildman–Crippen MR) is 81.2 cm³/mol. The van der Waals surface area contributed by atoms with E-state index in [4.69, 9.17) is 0 Å². The quantitative estimate of drug-likeness (QED) is 0.863. The molecule has 2 nitrogen and oxygen atoms in total. The van der Waals surface area contributed by atoms with E-state index in [0.29, 0.717) is 0 Å². The summed E-state index contributed by atoms with van der Waals surface area (Å²) in [6.07, 6.45) is 0. The molecule has 4 heteroatoms. The molecular weight excluding hydrogens is 266 g/mol. The number of carbonyl (C=O) groups is 1. The van der Waals surface area contributed by atoms with Crippen LogP contribution in [0, 0.1) is 0 Å². The molecule has 0 spiro atoms. The number of Topliss-reactive ketones (excluding diaryl/α,β-unsaturated/α-hetero) is 1. The van der Waals surface area contributed by atoms with Crippen LogP contribution < -0.4 is 5.32 Å². The number of fused-ring (bicyclic) bond motifs is 1. The second kappa shape index (κ2) is 5.83. The Labute approximate surface area is 118 Å². The molecule has 0 fully saturated rings. The van der Waals surface area contributed by atoms with Gasteiger partial charge in [0.25, 0.3) is 0 Å². The van der Waals surface area contributed by atoms with Crippen molar-refractivity contribution in [3.63, 3.8) is 0 Å². The molecule has 0 radical (unpaired) electrons. The van der Waals surface area contributed by atoms with Crippen LogP contribution in [-0.2, 0) is 0 Å². The molecule has 0 amide bonds. The molecular formula is C14H18ClNOS. The Hall–Kier alpha value is -0.900. The number of thiophene rings is 1. The van der Waals surface area contributed by atoms with Gasteiger partial charge in [0, 0.05) is 4.70 Å². The number of carbonyl (C=O) groups excluding carboxylic acids is 1. The number of hydrogen-bond donors (Lipinski definition) is 1. The van der Waals surface area contributed by atoms with E-state index in [1.54, 1.807) is 11.3 Å². The van der Waals surface area contributed by atoms with Gasteiger partial charge in [-0.1, -0.05) is 25.1 Å².